The number of oxazole rings is 1. The van der Waals surface area contributed by atoms with Gasteiger partial charge in [-0.05, 0) is 19.8 Å². The second kappa shape index (κ2) is 5.29. The highest BCUT2D eigenvalue weighted by Gasteiger charge is 2.29. The van der Waals surface area contributed by atoms with Crippen LogP contribution < -0.4 is 5.32 Å². The third-order valence-electron chi connectivity index (χ3n) is 2.70. The van der Waals surface area contributed by atoms with Crippen molar-refractivity contribution in [3.63, 3.8) is 0 Å². The van der Waals surface area contributed by atoms with Gasteiger partial charge in [-0.15, -0.1) is 0 Å². The molecule has 0 spiro atoms. The lowest BCUT2D eigenvalue weighted by Gasteiger charge is -2.11. The predicted octanol–water partition coefficient (Wildman–Crippen LogP) is 0.705. The first kappa shape index (κ1) is 12.1. The number of rotatable bonds is 5. The van der Waals surface area contributed by atoms with E-state index < -0.39 is 12.1 Å². The molecule has 0 aliphatic carbocycles. The summed E-state index contributed by atoms with van der Waals surface area (Å²) in [6.07, 6.45) is 2.34. The van der Waals surface area contributed by atoms with Crippen LogP contribution in [0.25, 0.3) is 0 Å². The van der Waals surface area contributed by atoms with Crippen LogP contribution >= 0.6 is 0 Å². The molecule has 94 valence electrons. The molecule has 2 rings (SSSR count). The minimum absolute atomic E-state index is 0.0350. The first-order valence-electron chi connectivity index (χ1n) is 5.65. The van der Waals surface area contributed by atoms with Gasteiger partial charge in [-0.2, -0.15) is 0 Å². The van der Waals surface area contributed by atoms with Gasteiger partial charge in [0, 0.05) is 6.54 Å². The average molecular weight is 240 g/mol. The molecule has 1 aromatic heterocycles. The molecule has 1 saturated heterocycles. The Bertz CT molecular complexity index is 391. The lowest BCUT2D eigenvalue weighted by molar-refractivity contribution is -0.149. The van der Waals surface area contributed by atoms with Crippen molar-refractivity contribution in [1.29, 1.82) is 0 Å². The molecule has 2 unspecified atom stereocenters. The molecule has 1 aromatic rings. The summed E-state index contributed by atoms with van der Waals surface area (Å²) >= 11 is 0. The highest BCUT2D eigenvalue weighted by molar-refractivity contribution is 5.72. The van der Waals surface area contributed by atoms with Gasteiger partial charge in [-0.1, -0.05) is 0 Å². The topological polar surface area (TPSA) is 84.6 Å². The fourth-order valence-electron chi connectivity index (χ4n) is 1.86. The van der Waals surface area contributed by atoms with E-state index in [1.165, 1.54) is 0 Å². The first-order valence-corrected chi connectivity index (χ1v) is 5.65. The van der Waals surface area contributed by atoms with E-state index in [-0.39, 0.29) is 6.10 Å². The smallest absolute Gasteiger partial charge is 0.332 e. The van der Waals surface area contributed by atoms with E-state index in [4.69, 9.17) is 14.3 Å². The van der Waals surface area contributed by atoms with Crippen LogP contribution in [0.3, 0.4) is 0 Å². The van der Waals surface area contributed by atoms with Crippen LogP contribution in [0.2, 0.25) is 0 Å². The highest BCUT2D eigenvalue weighted by atomic mass is 16.5. The van der Waals surface area contributed by atoms with Gasteiger partial charge in [-0.3, -0.25) is 0 Å². The highest BCUT2D eigenvalue weighted by Crippen LogP contribution is 2.19. The zero-order valence-electron chi connectivity index (χ0n) is 9.68. The normalized spacial score (nSPS) is 24.1. The van der Waals surface area contributed by atoms with Crippen molar-refractivity contribution >= 4 is 5.97 Å². The number of ether oxygens (including phenoxy) is 1. The number of hydrogen-bond donors (Lipinski definition) is 2. The van der Waals surface area contributed by atoms with E-state index in [2.05, 4.69) is 10.3 Å². The Labute approximate surface area is 99.0 Å². The molecule has 0 aromatic carbocycles. The molecule has 0 amide bonds. The molecular formula is C11H16N2O4. The minimum Gasteiger partial charge on any atom is -0.479 e. The average Bonchev–Trinajstić information content (AvgIpc) is 2.88. The monoisotopic (exact) mass is 240 g/mol. The summed E-state index contributed by atoms with van der Waals surface area (Å²) in [6, 6.07) is 0. The predicted molar refractivity (Wildman–Crippen MR) is 58.5 cm³/mol. The van der Waals surface area contributed by atoms with Crippen molar-refractivity contribution in [2.45, 2.75) is 38.5 Å². The van der Waals surface area contributed by atoms with Crippen molar-refractivity contribution in [2.75, 3.05) is 6.54 Å². The number of nitrogens with zero attached hydrogens (tertiary/aromatic N) is 1. The summed E-state index contributed by atoms with van der Waals surface area (Å²) in [5.41, 5.74) is 0. The molecule has 0 radical (unpaired) electrons. The number of carbonyl (C=O) groups is 1. The van der Waals surface area contributed by atoms with Gasteiger partial charge >= 0.3 is 5.97 Å². The number of nitrogens with one attached hydrogen (secondary N) is 1. The Hall–Kier alpha value is -1.40. The zero-order valence-corrected chi connectivity index (χ0v) is 9.68. The van der Waals surface area contributed by atoms with Crippen molar-refractivity contribution < 1.29 is 19.1 Å². The number of aliphatic carboxylic acids is 1. The van der Waals surface area contributed by atoms with E-state index in [9.17, 15) is 4.79 Å². The lowest BCUT2D eigenvalue weighted by Crippen LogP contribution is -2.28. The minimum atomic E-state index is -0.879. The molecule has 1 aliphatic rings. The second-order valence-electron chi connectivity index (χ2n) is 4.16. The van der Waals surface area contributed by atoms with E-state index >= 15 is 0 Å². The van der Waals surface area contributed by atoms with Crippen LogP contribution in [-0.2, 0) is 16.1 Å². The van der Waals surface area contributed by atoms with Crippen molar-refractivity contribution in [3.8, 4) is 0 Å². The quantitative estimate of drug-likeness (QED) is 0.788. The third-order valence-corrected chi connectivity index (χ3v) is 2.70. The van der Waals surface area contributed by atoms with Gasteiger partial charge in [-0.25, -0.2) is 9.78 Å². The van der Waals surface area contributed by atoms with E-state index in [0.29, 0.717) is 25.4 Å². The van der Waals surface area contributed by atoms with Crippen LogP contribution in [0.5, 0.6) is 0 Å². The largest absolute Gasteiger partial charge is 0.479 e. The summed E-state index contributed by atoms with van der Waals surface area (Å²) < 4.78 is 10.7. The zero-order chi connectivity index (χ0) is 12.3. The second-order valence-corrected chi connectivity index (χ2v) is 4.16. The van der Waals surface area contributed by atoms with Crippen LogP contribution in [0.4, 0.5) is 0 Å². The maximum atomic E-state index is 10.7. The summed E-state index contributed by atoms with van der Waals surface area (Å²) in [7, 11) is 0. The molecule has 2 heterocycles. The maximum absolute atomic E-state index is 10.7. The lowest BCUT2D eigenvalue weighted by atomic mass is 10.2. The summed E-state index contributed by atoms with van der Waals surface area (Å²) in [5, 5.41) is 11.9. The Morgan fingerprint density at radius 2 is 2.47 bits per heavy atom. The van der Waals surface area contributed by atoms with Crippen LogP contribution in [-0.4, -0.2) is 34.8 Å². The molecule has 6 heteroatoms. The first-order chi connectivity index (χ1) is 8.15. The number of hydrogen-bond acceptors (Lipinski definition) is 5. The Kier molecular flexibility index (Phi) is 3.75. The Morgan fingerprint density at radius 1 is 1.65 bits per heavy atom. The Balaban J connectivity index is 1.68. The van der Waals surface area contributed by atoms with Gasteiger partial charge < -0.3 is 19.6 Å². The molecule has 2 N–H and O–H groups in total. The van der Waals surface area contributed by atoms with Crippen LogP contribution in [0.15, 0.2) is 10.6 Å². The van der Waals surface area contributed by atoms with E-state index in [0.717, 1.165) is 12.2 Å². The van der Waals surface area contributed by atoms with E-state index in [1.807, 2.05) is 6.92 Å². The van der Waals surface area contributed by atoms with Gasteiger partial charge in [0.05, 0.1) is 18.8 Å². The number of carboxylic acids is 1. The summed E-state index contributed by atoms with van der Waals surface area (Å²) in [5.74, 6) is 0.538. The third kappa shape index (κ3) is 3.28. The SMILES string of the molecule is Cc1cnc(CNCC2CCC(C(=O)O)O2)o1. The van der Waals surface area contributed by atoms with Crippen molar-refractivity contribution in [2.24, 2.45) is 0 Å². The van der Waals surface area contributed by atoms with Gasteiger partial charge in [0.25, 0.3) is 0 Å². The number of carboxylic acid groups (broad SMARTS) is 1. The van der Waals surface area contributed by atoms with Gasteiger partial charge in [0.1, 0.15) is 5.76 Å². The molecule has 6 nitrogen and oxygen atoms in total. The molecule has 17 heavy (non-hydrogen) atoms. The molecule has 1 aliphatic heterocycles. The molecular weight excluding hydrogens is 224 g/mol. The summed E-state index contributed by atoms with van der Waals surface area (Å²) in [4.78, 5) is 14.7. The number of aryl methyl sites for hydroxylation is 1. The van der Waals surface area contributed by atoms with Crippen molar-refractivity contribution in [1.82, 2.24) is 10.3 Å². The summed E-state index contributed by atoms with van der Waals surface area (Å²) in [6.45, 7) is 2.99. The molecule has 0 saturated carbocycles. The molecule has 0 bridgehead atoms. The van der Waals surface area contributed by atoms with Crippen LogP contribution in [0, 0.1) is 6.92 Å². The fourth-order valence-corrected chi connectivity index (χ4v) is 1.86. The van der Waals surface area contributed by atoms with Gasteiger partial charge in [0.15, 0.2) is 6.10 Å². The van der Waals surface area contributed by atoms with Crippen LogP contribution in [0.1, 0.15) is 24.5 Å². The van der Waals surface area contributed by atoms with Crippen molar-refractivity contribution in [3.05, 3.63) is 17.8 Å². The number of aromatic nitrogens is 1. The molecule has 1 fully saturated rings. The maximum Gasteiger partial charge on any atom is 0.332 e. The molecule has 2 atom stereocenters. The fraction of sp³-hybridized carbons (Fsp3) is 0.636. The Morgan fingerprint density at radius 3 is 3.06 bits per heavy atom. The standard InChI is InChI=1S/C11H16N2O4/c1-7-4-13-10(16-7)6-12-5-8-2-3-9(17-8)11(14)15/h4,8-9,12H,2-3,5-6H2,1H3,(H,14,15). The van der Waals surface area contributed by atoms with Gasteiger partial charge in [0.2, 0.25) is 5.89 Å². The van der Waals surface area contributed by atoms with E-state index in [1.54, 1.807) is 6.20 Å².